The van der Waals surface area contributed by atoms with Gasteiger partial charge in [-0.3, -0.25) is 9.11 Å². The highest BCUT2D eigenvalue weighted by Gasteiger charge is 2.27. The van der Waals surface area contributed by atoms with Crippen LogP contribution in [0.5, 0.6) is 23.0 Å². The van der Waals surface area contributed by atoms with Gasteiger partial charge in [-0.05, 0) is 59.7 Å². The maximum atomic E-state index is 12.5. The second kappa shape index (κ2) is 16.0. The van der Waals surface area contributed by atoms with Crippen molar-refractivity contribution >= 4 is 82.6 Å². The van der Waals surface area contributed by atoms with Gasteiger partial charge in [-0.1, -0.05) is 12.1 Å². The fourth-order valence-corrected chi connectivity index (χ4v) is 6.71. The van der Waals surface area contributed by atoms with E-state index < -0.39 is 58.1 Å². The first kappa shape index (κ1) is 40.5. The van der Waals surface area contributed by atoms with Crippen LogP contribution in [0.15, 0.2) is 107 Å². The molecule has 0 atom stereocenters. The van der Waals surface area contributed by atoms with Crippen LogP contribution in [0.3, 0.4) is 0 Å². The Labute approximate surface area is 319 Å². The quantitative estimate of drug-likeness (QED) is 0.0227. The smallest absolute Gasteiger partial charge is 0.296 e. The highest BCUT2D eigenvalue weighted by atomic mass is 32.2. The molecule has 0 aliphatic heterocycles. The third-order valence-corrected chi connectivity index (χ3v) is 9.60. The molecule has 0 saturated heterocycles. The van der Waals surface area contributed by atoms with Crippen molar-refractivity contribution in [3.63, 3.8) is 0 Å². The molecule has 5 rings (SSSR count). The SMILES string of the molecule is COc1cc(N=Nc2ccc(-c3ccc(N=Nc4c(S(=O)(=O)O)cc5c(S(=O)(=O)O)ccc(N=C(C)O)c5c4O)c(OC)c3)cc2OC)c(N=C(C)O)cc1N. The van der Waals surface area contributed by atoms with E-state index in [-0.39, 0.29) is 40.1 Å². The zero-order valence-corrected chi connectivity index (χ0v) is 31.7. The lowest BCUT2D eigenvalue weighted by molar-refractivity contribution is 0.415. The van der Waals surface area contributed by atoms with Crippen molar-refractivity contribution < 1.29 is 55.5 Å². The molecule has 56 heavy (non-hydrogen) atoms. The lowest BCUT2D eigenvalue weighted by Gasteiger charge is -2.13. The van der Waals surface area contributed by atoms with Crippen molar-refractivity contribution in [1.82, 2.24) is 0 Å². The van der Waals surface area contributed by atoms with Crippen molar-refractivity contribution in [2.45, 2.75) is 23.6 Å². The predicted octanol–water partition coefficient (Wildman–Crippen LogP) is 8.36. The number of phenolic OH excluding ortho intramolecular Hbond substituents is 1. The maximum Gasteiger partial charge on any atom is 0.296 e. The summed E-state index contributed by atoms with van der Waals surface area (Å²) in [7, 11) is -6.00. The van der Waals surface area contributed by atoms with Gasteiger partial charge in [0, 0.05) is 25.3 Å². The van der Waals surface area contributed by atoms with E-state index in [1.54, 1.807) is 30.3 Å². The van der Waals surface area contributed by atoms with Gasteiger partial charge in [-0.15, -0.1) is 20.5 Å². The average Bonchev–Trinajstić information content (AvgIpc) is 3.12. The molecule has 0 amide bonds. The van der Waals surface area contributed by atoms with Gasteiger partial charge < -0.3 is 35.3 Å². The van der Waals surface area contributed by atoms with Crippen LogP contribution in [0.2, 0.25) is 0 Å². The number of phenols is 1. The summed E-state index contributed by atoms with van der Waals surface area (Å²) < 4.78 is 85.4. The van der Waals surface area contributed by atoms with Crippen molar-refractivity contribution in [2.75, 3.05) is 27.1 Å². The van der Waals surface area contributed by atoms with Crippen molar-refractivity contribution in [3.8, 4) is 34.1 Å². The number of fused-ring (bicyclic) bond motifs is 1. The first-order chi connectivity index (χ1) is 26.4. The van der Waals surface area contributed by atoms with Gasteiger partial charge in [-0.25, -0.2) is 9.98 Å². The van der Waals surface area contributed by atoms with E-state index in [0.717, 1.165) is 12.1 Å². The van der Waals surface area contributed by atoms with Gasteiger partial charge in [-0.2, -0.15) is 16.8 Å². The second-order valence-electron chi connectivity index (χ2n) is 11.6. The summed E-state index contributed by atoms with van der Waals surface area (Å²) >= 11 is 0. The third-order valence-electron chi connectivity index (χ3n) is 7.82. The third kappa shape index (κ3) is 8.65. The first-order valence-electron chi connectivity index (χ1n) is 15.8. The number of nitrogens with two attached hydrogens (primary N) is 1. The molecule has 0 spiro atoms. The van der Waals surface area contributed by atoms with Crippen LogP contribution in [-0.4, -0.2) is 74.4 Å². The normalized spacial score (nSPS) is 12.8. The summed E-state index contributed by atoms with van der Waals surface area (Å²) in [6.45, 7) is 2.58. The number of benzene rings is 5. The first-order valence-corrected chi connectivity index (χ1v) is 18.7. The molecule has 21 heteroatoms. The Morgan fingerprint density at radius 3 is 1.57 bits per heavy atom. The van der Waals surface area contributed by atoms with Gasteiger partial charge in [0.1, 0.15) is 49.8 Å². The van der Waals surface area contributed by atoms with E-state index >= 15 is 0 Å². The van der Waals surface area contributed by atoms with E-state index in [1.165, 1.54) is 53.4 Å². The van der Waals surface area contributed by atoms with E-state index in [4.69, 9.17) is 19.9 Å². The minimum Gasteiger partial charge on any atom is -0.505 e. The van der Waals surface area contributed by atoms with Crippen LogP contribution >= 0.6 is 0 Å². The van der Waals surface area contributed by atoms with Crippen LogP contribution in [0, 0.1) is 0 Å². The molecule has 0 fully saturated rings. The highest BCUT2D eigenvalue weighted by molar-refractivity contribution is 7.86. The summed E-state index contributed by atoms with van der Waals surface area (Å²) in [4.78, 5) is 6.01. The minimum atomic E-state index is -5.21. The minimum absolute atomic E-state index is 0.0288. The van der Waals surface area contributed by atoms with E-state index in [0.29, 0.717) is 34.4 Å². The summed E-state index contributed by atoms with van der Waals surface area (Å²) in [5.74, 6) is -0.950. The Hall–Kier alpha value is -6.68. The molecule has 7 N–H and O–H groups in total. The summed E-state index contributed by atoms with van der Waals surface area (Å²) in [5, 5.41) is 46.3. The molecule has 0 bridgehead atoms. The summed E-state index contributed by atoms with van der Waals surface area (Å²) in [6.07, 6.45) is 0. The van der Waals surface area contributed by atoms with Gasteiger partial charge in [0.25, 0.3) is 20.2 Å². The number of ether oxygens (including phenoxy) is 3. The van der Waals surface area contributed by atoms with Gasteiger partial charge in [0.05, 0.1) is 43.8 Å². The van der Waals surface area contributed by atoms with E-state index in [9.17, 15) is 41.3 Å². The Balaban J connectivity index is 1.57. The number of hydrogen-bond acceptors (Lipinski definition) is 15. The summed E-state index contributed by atoms with van der Waals surface area (Å²) in [5.41, 5.74) is 7.30. The van der Waals surface area contributed by atoms with Crippen LogP contribution in [0.1, 0.15) is 13.8 Å². The van der Waals surface area contributed by atoms with Crippen LogP contribution in [0.4, 0.5) is 39.8 Å². The Bertz CT molecular complexity index is 2730. The standard InChI is InChI=1S/C35H33N7O12S2/c1-17(43)37-25-10-11-31(55(46,47)48)21-14-32(56(49,50)51)34(35(45)33(21)25)42-40-24-9-7-20(13-30(24)54-5)19-6-8-23(29(12-19)53-4)39-41-27-16-28(52-3)22(36)15-26(27)38-18(2)44/h6-16,45H,36H2,1-5H3,(H,37,43)(H,38,44)(H,46,47,48)(H,49,50,51). The molecule has 5 aromatic rings. The van der Waals surface area contributed by atoms with Gasteiger partial charge in [0.15, 0.2) is 17.5 Å². The topological polar surface area (TPSA) is 297 Å². The predicted molar refractivity (Wildman–Crippen MR) is 207 cm³/mol. The number of rotatable bonds is 12. The number of aliphatic hydroxyl groups is 2. The van der Waals surface area contributed by atoms with Crippen LogP contribution in [0.25, 0.3) is 21.9 Å². The molecule has 0 heterocycles. The molecule has 0 aliphatic rings. The van der Waals surface area contributed by atoms with Crippen LogP contribution < -0.4 is 19.9 Å². The highest BCUT2D eigenvalue weighted by Crippen LogP contribution is 2.47. The van der Waals surface area contributed by atoms with Gasteiger partial charge in [0.2, 0.25) is 0 Å². The number of aliphatic hydroxyl groups excluding tert-OH is 2. The number of azo groups is 2. The Morgan fingerprint density at radius 2 is 1.07 bits per heavy atom. The zero-order valence-electron chi connectivity index (χ0n) is 30.0. The monoisotopic (exact) mass is 807 g/mol. The molecule has 0 unspecified atom stereocenters. The maximum absolute atomic E-state index is 12.5. The molecule has 5 aromatic carbocycles. The number of aromatic hydroxyl groups is 1. The van der Waals surface area contributed by atoms with Crippen molar-refractivity contribution in [3.05, 3.63) is 66.7 Å². The Morgan fingerprint density at radius 1 is 0.589 bits per heavy atom. The molecule has 19 nitrogen and oxygen atoms in total. The lowest BCUT2D eigenvalue weighted by atomic mass is 10.0. The molecule has 292 valence electrons. The molecule has 0 aliphatic carbocycles. The zero-order chi connectivity index (χ0) is 41.1. The number of nitrogen functional groups attached to an aromatic ring is 1. The number of nitrogens with zero attached hydrogens (tertiary/aromatic N) is 6. The summed E-state index contributed by atoms with van der Waals surface area (Å²) in [6, 6.07) is 15.3. The van der Waals surface area contributed by atoms with Crippen molar-refractivity contribution in [2.24, 2.45) is 30.4 Å². The largest absolute Gasteiger partial charge is 0.505 e. The molecular formula is C35H33N7O12S2. The molecule has 0 radical (unpaired) electrons. The number of methoxy groups -OCH3 is 3. The van der Waals surface area contributed by atoms with E-state index in [1.807, 2.05) is 0 Å². The fourth-order valence-electron chi connectivity index (χ4n) is 5.39. The fraction of sp³-hybridized carbons (Fsp3) is 0.143. The molecule has 0 saturated carbocycles. The number of hydrogen-bond donors (Lipinski definition) is 6. The molecular weight excluding hydrogens is 775 g/mol. The van der Waals surface area contributed by atoms with Crippen LogP contribution in [-0.2, 0) is 20.2 Å². The Kier molecular flexibility index (Phi) is 11.5. The van der Waals surface area contributed by atoms with E-state index in [2.05, 4.69) is 30.4 Å². The van der Waals surface area contributed by atoms with Gasteiger partial charge >= 0.3 is 0 Å². The molecule has 0 aromatic heterocycles. The number of aliphatic imine (C=N–C) groups is 2. The number of anilines is 1. The average molecular weight is 808 g/mol. The second-order valence-corrected chi connectivity index (χ2v) is 14.4. The van der Waals surface area contributed by atoms with Crippen molar-refractivity contribution in [1.29, 1.82) is 0 Å². The lowest BCUT2D eigenvalue weighted by Crippen LogP contribution is -2.03.